The highest BCUT2D eigenvalue weighted by atomic mass is 35.5. The number of halogens is 1. The average Bonchev–Trinajstić information content (AvgIpc) is 2.33. The molecule has 0 saturated carbocycles. The molecule has 102 valence electrons. The van der Waals surface area contributed by atoms with Crippen LogP contribution in [-0.2, 0) is 5.54 Å². The smallest absolute Gasteiger partial charge is 0.0409 e. The van der Waals surface area contributed by atoms with Gasteiger partial charge in [-0.2, -0.15) is 0 Å². The molecule has 0 saturated heterocycles. The van der Waals surface area contributed by atoms with Crippen LogP contribution in [0.1, 0.15) is 64.4 Å². The molecule has 1 aromatic carbocycles. The molecule has 1 nitrogen and oxygen atoms in total. The largest absolute Gasteiger partial charge is 0.322 e. The molecule has 0 heterocycles. The number of rotatable bonds is 8. The summed E-state index contributed by atoms with van der Waals surface area (Å²) in [6.07, 6.45) is 8.86. The Morgan fingerprint density at radius 3 is 2.44 bits per heavy atom. The molecule has 0 amide bonds. The molecule has 18 heavy (non-hydrogen) atoms. The van der Waals surface area contributed by atoms with E-state index in [0.29, 0.717) is 0 Å². The predicted octanol–water partition coefficient (Wildman–Crippen LogP) is 5.26. The van der Waals surface area contributed by atoms with E-state index in [1.54, 1.807) is 0 Å². The van der Waals surface area contributed by atoms with Crippen molar-refractivity contribution in [2.45, 2.75) is 64.3 Å². The van der Waals surface area contributed by atoms with E-state index in [4.69, 9.17) is 17.3 Å². The Labute approximate surface area is 117 Å². The van der Waals surface area contributed by atoms with Crippen molar-refractivity contribution >= 4 is 11.6 Å². The molecule has 1 atom stereocenters. The second-order valence-corrected chi connectivity index (χ2v) is 5.88. The maximum atomic E-state index is 6.39. The maximum absolute atomic E-state index is 6.39. The lowest BCUT2D eigenvalue weighted by molar-refractivity contribution is 0.421. The Morgan fingerprint density at radius 2 is 1.78 bits per heavy atom. The van der Waals surface area contributed by atoms with Gasteiger partial charge in [0.15, 0.2) is 0 Å². The summed E-state index contributed by atoms with van der Waals surface area (Å²) in [5.41, 5.74) is 7.28. The number of hydrogen-bond donors (Lipinski definition) is 1. The third-order valence-electron chi connectivity index (χ3n) is 3.53. The molecule has 0 aliphatic carbocycles. The Balaban J connectivity index is 2.35. The highest BCUT2D eigenvalue weighted by Gasteiger charge is 2.20. The summed E-state index contributed by atoms with van der Waals surface area (Å²) < 4.78 is 0. The fraction of sp³-hybridized carbons (Fsp3) is 0.625. The van der Waals surface area contributed by atoms with Gasteiger partial charge in [0, 0.05) is 10.6 Å². The van der Waals surface area contributed by atoms with Crippen LogP contribution in [0.5, 0.6) is 0 Å². The summed E-state index contributed by atoms with van der Waals surface area (Å²) in [5, 5.41) is 0.770. The van der Waals surface area contributed by atoms with Crippen molar-refractivity contribution in [2.75, 3.05) is 0 Å². The van der Waals surface area contributed by atoms with Gasteiger partial charge >= 0.3 is 0 Å². The highest BCUT2D eigenvalue weighted by molar-refractivity contribution is 6.30. The number of unbranched alkanes of at least 4 members (excludes halogenated alkanes) is 5. The van der Waals surface area contributed by atoms with Crippen LogP contribution in [0.25, 0.3) is 0 Å². The van der Waals surface area contributed by atoms with E-state index in [9.17, 15) is 0 Å². The van der Waals surface area contributed by atoms with Crippen molar-refractivity contribution in [1.29, 1.82) is 0 Å². The zero-order valence-electron chi connectivity index (χ0n) is 11.7. The van der Waals surface area contributed by atoms with Crippen LogP contribution < -0.4 is 5.73 Å². The van der Waals surface area contributed by atoms with E-state index in [0.717, 1.165) is 17.0 Å². The minimum Gasteiger partial charge on any atom is -0.322 e. The fourth-order valence-electron chi connectivity index (χ4n) is 2.26. The minimum atomic E-state index is -0.254. The van der Waals surface area contributed by atoms with Gasteiger partial charge in [-0.3, -0.25) is 0 Å². The van der Waals surface area contributed by atoms with Gasteiger partial charge < -0.3 is 5.73 Å². The second-order valence-electron chi connectivity index (χ2n) is 5.45. The van der Waals surface area contributed by atoms with Crippen LogP contribution in [0.4, 0.5) is 0 Å². The first-order valence-electron chi connectivity index (χ1n) is 7.11. The van der Waals surface area contributed by atoms with Gasteiger partial charge in [0.1, 0.15) is 0 Å². The SMILES string of the molecule is CCCCCCCCC(C)(N)c1cccc(Cl)c1. The van der Waals surface area contributed by atoms with Gasteiger partial charge in [-0.15, -0.1) is 0 Å². The molecule has 0 spiro atoms. The summed E-state index contributed by atoms with van der Waals surface area (Å²) in [6, 6.07) is 7.93. The quantitative estimate of drug-likeness (QED) is 0.639. The molecule has 0 bridgehead atoms. The number of nitrogens with two attached hydrogens (primary N) is 1. The van der Waals surface area contributed by atoms with Gasteiger partial charge in [-0.05, 0) is 31.0 Å². The third kappa shape index (κ3) is 5.41. The van der Waals surface area contributed by atoms with Crippen molar-refractivity contribution in [3.05, 3.63) is 34.9 Å². The van der Waals surface area contributed by atoms with Crippen molar-refractivity contribution in [3.8, 4) is 0 Å². The summed E-state index contributed by atoms with van der Waals surface area (Å²) in [5.74, 6) is 0. The predicted molar refractivity (Wildman–Crippen MR) is 81.0 cm³/mol. The Hall–Kier alpha value is -0.530. The van der Waals surface area contributed by atoms with Gasteiger partial charge in [-0.25, -0.2) is 0 Å². The minimum absolute atomic E-state index is 0.254. The van der Waals surface area contributed by atoms with E-state index in [1.165, 1.54) is 38.5 Å². The first-order valence-corrected chi connectivity index (χ1v) is 7.49. The summed E-state index contributed by atoms with van der Waals surface area (Å²) in [6.45, 7) is 4.35. The van der Waals surface area contributed by atoms with Crippen molar-refractivity contribution in [3.63, 3.8) is 0 Å². The molecule has 2 N–H and O–H groups in total. The first-order chi connectivity index (χ1) is 8.56. The molecule has 0 aliphatic heterocycles. The lowest BCUT2D eigenvalue weighted by atomic mass is 9.87. The molecule has 0 radical (unpaired) electrons. The van der Waals surface area contributed by atoms with Gasteiger partial charge in [0.25, 0.3) is 0 Å². The van der Waals surface area contributed by atoms with Crippen LogP contribution in [0.3, 0.4) is 0 Å². The van der Waals surface area contributed by atoms with Crippen molar-refractivity contribution < 1.29 is 0 Å². The topological polar surface area (TPSA) is 26.0 Å². The lowest BCUT2D eigenvalue weighted by Gasteiger charge is -2.25. The zero-order valence-corrected chi connectivity index (χ0v) is 12.5. The molecule has 2 heteroatoms. The zero-order chi connectivity index (χ0) is 13.4. The Kier molecular flexibility index (Phi) is 6.73. The Bertz CT molecular complexity index is 347. The van der Waals surface area contributed by atoms with E-state index < -0.39 is 0 Å². The normalized spacial score (nSPS) is 14.4. The molecule has 0 aliphatic rings. The maximum Gasteiger partial charge on any atom is 0.0409 e. The third-order valence-corrected chi connectivity index (χ3v) is 3.77. The Morgan fingerprint density at radius 1 is 1.11 bits per heavy atom. The van der Waals surface area contributed by atoms with Crippen LogP contribution >= 0.6 is 11.6 Å². The summed E-state index contributed by atoms with van der Waals surface area (Å²) >= 11 is 6.01. The number of benzene rings is 1. The van der Waals surface area contributed by atoms with Crippen LogP contribution in [0.15, 0.2) is 24.3 Å². The van der Waals surface area contributed by atoms with E-state index in [2.05, 4.69) is 19.9 Å². The lowest BCUT2D eigenvalue weighted by Crippen LogP contribution is -2.32. The van der Waals surface area contributed by atoms with Gasteiger partial charge in [0.2, 0.25) is 0 Å². The van der Waals surface area contributed by atoms with Crippen LogP contribution in [-0.4, -0.2) is 0 Å². The molecule has 0 fully saturated rings. The standard InChI is InChI=1S/C16H26ClN/c1-3-4-5-6-7-8-12-16(2,18)14-10-9-11-15(17)13-14/h9-11,13H,3-8,12,18H2,1-2H3. The fourth-order valence-corrected chi connectivity index (χ4v) is 2.45. The second kappa shape index (κ2) is 7.81. The first kappa shape index (κ1) is 15.5. The molecular weight excluding hydrogens is 242 g/mol. The summed E-state index contributed by atoms with van der Waals surface area (Å²) in [7, 11) is 0. The van der Waals surface area contributed by atoms with Gasteiger partial charge in [0.05, 0.1) is 0 Å². The highest BCUT2D eigenvalue weighted by Crippen LogP contribution is 2.26. The van der Waals surface area contributed by atoms with E-state index >= 15 is 0 Å². The van der Waals surface area contributed by atoms with Crippen LogP contribution in [0, 0.1) is 0 Å². The van der Waals surface area contributed by atoms with Crippen molar-refractivity contribution in [1.82, 2.24) is 0 Å². The van der Waals surface area contributed by atoms with Gasteiger partial charge in [-0.1, -0.05) is 69.2 Å². The monoisotopic (exact) mass is 267 g/mol. The molecule has 1 unspecified atom stereocenters. The summed E-state index contributed by atoms with van der Waals surface area (Å²) in [4.78, 5) is 0. The average molecular weight is 268 g/mol. The van der Waals surface area contributed by atoms with E-state index in [-0.39, 0.29) is 5.54 Å². The van der Waals surface area contributed by atoms with Crippen molar-refractivity contribution in [2.24, 2.45) is 5.73 Å². The van der Waals surface area contributed by atoms with Crippen LogP contribution in [0.2, 0.25) is 5.02 Å². The molecule has 1 rings (SSSR count). The molecule has 1 aromatic rings. The number of hydrogen-bond acceptors (Lipinski definition) is 1. The van der Waals surface area contributed by atoms with E-state index in [1.807, 2.05) is 18.2 Å². The molecule has 0 aromatic heterocycles. The molecular formula is C16H26ClN.